The van der Waals surface area contributed by atoms with Gasteiger partial charge in [0.05, 0.1) is 44.7 Å². The number of rotatable bonds is 15. The van der Waals surface area contributed by atoms with Gasteiger partial charge < -0.3 is 109 Å². The van der Waals surface area contributed by atoms with E-state index in [1.165, 1.54) is 12.5 Å². The highest BCUT2D eigenvalue weighted by atomic mass is 16.8. The van der Waals surface area contributed by atoms with Gasteiger partial charge in [0, 0.05) is 12.3 Å². The maximum absolute atomic E-state index is 12.1. The molecule has 414 valence electrons. The summed E-state index contributed by atoms with van der Waals surface area (Å²) >= 11 is 0. The molecule has 0 spiro atoms. The van der Waals surface area contributed by atoms with Crippen molar-refractivity contribution in [2.24, 2.45) is 46.3 Å². The summed E-state index contributed by atoms with van der Waals surface area (Å²) in [6.07, 6.45) is -18.9. The van der Waals surface area contributed by atoms with Crippen LogP contribution < -0.4 is 0 Å². The second-order valence-corrected chi connectivity index (χ2v) is 23.3. The molecule has 13 N–H and O–H groups in total. The van der Waals surface area contributed by atoms with Crippen molar-refractivity contribution in [1.29, 1.82) is 0 Å². The Bertz CT molecular complexity index is 1860. The Morgan fingerprint density at radius 2 is 1.24 bits per heavy atom. The highest BCUT2D eigenvalue weighted by molar-refractivity contribution is 5.26. The molecule has 0 bridgehead atoms. The van der Waals surface area contributed by atoms with Crippen molar-refractivity contribution < 1.29 is 109 Å². The molecule has 4 aliphatic carbocycles. The zero-order valence-corrected chi connectivity index (χ0v) is 41.8. The third kappa shape index (κ3) is 9.80. The molecule has 0 unspecified atom stereocenters. The smallest absolute Gasteiger partial charge is 0.187 e. The first kappa shape index (κ1) is 55.6. The van der Waals surface area contributed by atoms with Crippen LogP contribution in [0.3, 0.4) is 0 Å². The largest absolute Gasteiger partial charge is 0.394 e. The zero-order valence-electron chi connectivity index (χ0n) is 41.8. The van der Waals surface area contributed by atoms with E-state index < -0.39 is 148 Å². The molecule has 0 aromatic heterocycles. The zero-order chi connectivity index (χ0) is 51.9. The minimum absolute atomic E-state index is 0.0512. The Balaban J connectivity index is 0.833. The van der Waals surface area contributed by atoms with Gasteiger partial charge in [0.25, 0.3) is 0 Å². The Morgan fingerprint density at radius 3 is 1.93 bits per heavy atom. The van der Waals surface area contributed by atoms with E-state index in [9.17, 15) is 66.4 Å². The molecule has 5 aliphatic heterocycles. The van der Waals surface area contributed by atoms with Gasteiger partial charge in [0.2, 0.25) is 0 Å². The molecule has 22 nitrogen and oxygen atoms in total. The normalized spacial score (nSPS) is 54.9. The Labute approximate surface area is 419 Å². The van der Waals surface area contributed by atoms with E-state index in [-0.39, 0.29) is 41.3 Å². The van der Waals surface area contributed by atoms with E-state index in [4.69, 9.17) is 42.6 Å². The number of aliphatic hydroxyl groups is 13. The quantitative estimate of drug-likeness (QED) is 0.0763. The van der Waals surface area contributed by atoms with Gasteiger partial charge in [0.1, 0.15) is 85.5 Å². The molecule has 5 heterocycles. The summed E-state index contributed by atoms with van der Waals surface area (Å²) in [5.41, 5.74) is 1.10. The lowest BCUT2D eigenvalue weighted by molar-refractivity contribution is -0.376. The molecular weight excluding hydrogens is 953 g/mol. The predicted octanol–water partition coefficient (Wildman–Crippen LogP) is -2.37. The lowest BCUT2D eigenvalue weighted by Crippen LogP contribution is -2.65. The maximum Gasteiger partial charge on any atom is 0.187 e. The molecule has 72 heavy (non-hydrogen) atoms. The van der Waals surface area contributed by atoms with Crippen LogP contribution in [-0.4, -0.2) is 228 Å². The van der Waals surface area contributed by atoms with E-state index in [0.717, 1.165) is 32.1 Å². The number of aliphatic hydroxyl groups excluding tert-OH is 12. The number of fused-ring (bicyclic) bond motifs is 7. The Kier molecular flexibility index (Phi) is 16.7. The number of allylic oxidation sites excluding steroid dienone is 1. The molecule has 22 heteroatoms. The molecule has 0 radical (unpaired) electrons. The molecule has 30 atom stereocenters. The first-order chi connectivity index (χ1) is 34.1. The molecule has 0 amide bonds. The minimum Gasteiger partial charge on any atom is -0.394 e. The van der Waals surface area contributed by atoms with E-state index in [2.05, 4.69) is 26.8 Å². The minimum atomic E-state index is -1.77. The van der Waals surface area contributed by atoms with Crippen LogP contribution in [0.4, 0.5) is 0 Å². The predicted molar refractivity (Wildman–Crippen MR) is 244 cm³/mol. The lowest BCUT2D eigenvalue weighted by Gasteiger charge is -2.58. The highest BCUT2D eigenvalue weighted by Crippen LogP contribution is 2.70. The fourth-order valence-electron chi connectivity index (χ4n) is 14.8. The monoisotopic (exact) mass is 1030 g/mol. The molecule has 9 rings (SSSR count). The van der Waals surface area contributed by atoms with Crippen molar-refractivity contribution in [2.45, 2.75) is 227 Å². The first-order valence-corrected chi connectivity index (χ1v) is 26.3. The summed E-state index contributed by atoms with van der Waals surface area (Å²) < 4.78 is 54.2. The topological polar surface area (TPSA) is 346 Å². The van der Waals surface area contributed by atoms with E-state index in [1.54, 1.807) is 0 Å². The van der Waals surface area contributed by atoms with Gasteiger partial charge in [0.15, 0.2) is 30.9 Å². The van der Waals surface area contributed by atoms with Gasteiger partial charge in [-0.3, -0.25) is 0 Å². The number of hydrogen-bond donors (Lipinski definition) is 13. The van der Waals surface area contributed by atoms with Crippen molar-refractivity contribution >= 4 is 0 Å². The molecule has 8 fully saturated rings. The van der Waals surface area contributed by atoms with Crippen LogP contribution in [0.2, 0.25) is 0 Å². The van der Waals surface area contributed by atoms with Gasteiger partial charge in [-0.05, 0) is 98.7 Å². The molecular formula is C50H82O22. The standard InChI is InChI=1S/C50H82O22/c1-20(19-64-44-39(60)37(58)34(55)29(16-51)67-44)8-13-50(63)21(2)32-28(72-50)15-27-25-7-6-23-14-24(9-11-48(23,4)26(25)10-12-49(27,32)5)66-47-41(62)43(71-45-40(61)36(57)33(54)22(3)65-45)42(31(18-53)69-47)70-46-38(59)35(56)30(17-52)68-46/h6,20-22,24-47,51-63H,7-19H2,1-5H3/t20-,21+,22+,24-,25-,26+,27+,28+,29-,30-,31+,32+,33+,34-,35-,36-,37+,38+,39-,40+,41+,42+,43+,44-,45-,46-,47+,48-,49-,50-/m1/s1. The van der Waals surface area contributed by atoms with Crippen molar-refractivity contribution in [2.75, 3.05) is 26.4 Å². The fraction of sp³-hybridized carbons (Fsp3) is 0.960. The van der Waals surface area contributed by atoms with Crippen molar-refractivity contribution in [1.82, 2.24) is 0 Å². The van der Waals surface area contributed by atoms with E-state index >= 15 is 0 Å². The third-order valence-electron chi connectivity index (χ3n) is 19.1. The second kappa shape index (κ2) is 21.6. The van der Waals surface area contributed by atoms with Gasteiger partial charge in [-0.1, -0.05) is 39.3 Å². The van der Waals surface area contributed by atoms with Gasteiger partial charge in [-0.15, -0.1) is 0 Å². The molecule has 9 aliphatic rings. The highest BCUT2D eigenvalue weighted by Gasteiger charge is 2.68. The van der Waals surface area contributed by atoms with Crippen LogP contribution in [0.1, 0.15) is 92.4 Å². The van der Waals surface area contributed by atoms with Crippen LogP contribution in [0.5, 0.6) is 0 Å². The van der Waals surface area contributed by atoms with Crippen molar-refractivity contribution in [3.8, 4) is 0 Å². The Morgan fingerprint density at radius 1 is 0.653 bits per heavy atom. The average molecular weight is 1040 g/mol. The van der Waals surface area contributed by atoms with Crippen molar-refractivity contribution in [3.05, 3.63) is 11.6 Å². The average Bonchev–Trinajstić information content (AvgIpc) is 3.91. The summed E-state index contributed by atoms with van der Waals surface area (Å²) in [6.45, 7) is 8.55. The van der Waals surface area contributed by atoms with Crippen LogP contribution in [-0.2, 0) is 42.6 Å². The first-order valence-electron chi connectivity index (χ1n) is 26.3. The maximum atomic E-state index is 12.1. The van der Waals surface area contributed by atoms with Gasteiger partial charge in [-0.2, -0.15) is 0 Å². The van der Waals surface area contributed by atoms with Crippen LogP contribution >= 0.6 is 0 Å². The number of hydrogen-bond acceptors (Lipinski definition) is 22. The molecule has 5 saturated heterocycles. The summed E-state index contributed by atoms with van der Waals surface area (Å²) in [6, 6.07) is 0. The number of ether oxygens (including phenoxy) is 9. The summed E-state index contributed by atoms with van der Waals surface area (Å²) in [4.78, 5) is 0. The SMILES string of the molecule is C[C@H](CC[C@@]1(O)O[C@H]2C[C@H]3[C@@H]4CC=C5C[C@H](O[C@H]6O[C@@H](CO)[C@H](O[C@H]7O[C@H](CO)[C@@H](O)[C@@H]7O)[C@@H](O[C@H]7O[C@@H](C)[C@H](O)[C@@H](O)[C@@H]7O)[C@@H]6O)CC[C@@]5(C)[C@H]4CC[C@@]3(C)[C@H]2[C@@H]1C)CO[C@@H]1O[C@H](CO)[C@@H](O)[C@H](O)[C@H]1O. The fourth-order valence-corrected chi connectivity index (χ4v) is 14.8. The van der Waals surface area contributed by atoms with Crippen molar-refractivity contribution in [3.63, 3.8) is 0 Å². The molecule has 3 saturated carbocycles. The van der Waals surface area contributed by atoms with Gasteiger partial charge >= 0.3 is 0 Å². The molecule has 0 aromatic rings. The van der Waals surface area contributed by atoms with E-state index in [1.807, 2.05) is 6.92 Å². The Hall–Kier alpha value is -1.14. The third-order valence-corrected chi connectivity index (χ3v) is 19.1. The lowest BCUT2D eigenvalue weighted by atomic mass is 9.47. The van der Waals surface area contributed by atoms with Crippen LogP contribution in [0.25, 0.3) is 0 Å². The van der Waals surface area contributed by atoms with Crippen LogP contribution in [0, 0.1) is 46.3 Å². The summed E-state index contributed by atoms with van der Waals surface area (Å²) in [5.74, 6) is -0.183. The summed E-state index contributed by atoms with van der Waals surface area (Å²) in [7, 11) is 0. The summed E-state index contributed by atoms with van der Waals surface area (Å²) in [5, 5.41) is 138. The van der Waals surface area contributed by atoms with Crippen LogP contribution in [0.15, 0.2) is 11.6 Å². The van der Waals surface area contributed by atoms with Gasteiger partial charge in [-0.25, -0.2) is 0 Å². The second-order valence-electron chi connectivity index (χ2n) is 23.3. The van der Waals surface area contributed by atoms with E-state index in [0.29, 0.717) is 43.4 Å². The molecule has 0 aromatic carbocycles.